The molecule has 0 aliphatic carbocycles. The molecule has 0 radical (unpaired) electrons. The lowest BCUT2D eigenvalue weighted by Crippen LogP contribution is -2.33. The lowest BCUT2D eigenvalue weighted by Gasteiger charge is -2.32. The van der Waals surface area contributed by atoms with Crippen molar-refractivity contribution in [3.8, 4) is 0 Å². The summed E-state index contributed by atoms with van der Waals surface area (Å²) in [5.41, 5.74) is 3.41. The van der Waals surface area contributed by atoms with Crippen LogP contribution < -0.4 is 4.90 Å². The third-order valence-corrected chi connectivity index (χ3v) is 4.15. The molecule has 0 spiro atoms. The topological polar surface area (TPSA) is 20.3 Å². The zero-order valence-electron chi connectivity index (χ0n) is 11.3. The fraction of sp³-hybridized carbons (Fsp3) is 0.235. The molecule has 3 rings (SSSR count). The van der Waals surface area contributed by atoms with Crippen LogP contribution in [0.4, 0.5) is 5.69 Å². The summed E-state index contributed by atoms with van der Waals surface area (Å²) in [6.45, 7) is 0. The number of halogens is 1. The highest BCUT2D eigenvalue weighted by atomic mass is 35.5. The highest BCUT2D eigenvalue weighted by molar-refractivity contribution is 6.31. The van der Waals surface area contributed by atoms with E-state index in [1.807, 2.05) is 43.4 Å². The summed E-state index contributed by atoms with van der Waals surface area (Å²) in [6, 6.07) is 16.1. The summed E-state index contributed by atoms with van der Waals surface area (Å²) in [6.07, 6.45) is 1.44. The van der Waals surface area contributed by atoms with E-state index >= 15 is 0 Å². The summed E-state index contributed by atoms with van der Waals surface area (Å²) < 4.78 is 0. The van der Waals surface area contributed by atoms with E-state index in [1.165, 1.54) is 11.1 Å². The molecule has 3 heteroatoms. The molecule has 1 unspecified atom stereocenters. The third kappa shape index (κ3) is 2.44. The molecule has 0 saturated carbocycles. The van der Waals surface area contributed by atoms with Gasteiger partial charge in [0, 0.05) is 24.2 Å². The highest BCUT2D eigenvalue weighted by Gasteiger charge is 2.29. The van der Waals surface area contributed by atoms with Gasteiger partial charge in [-0.25, -0.2) is 0 Å². The lowest BCUT2D eigenvalue weighted by atomic mass is 9.85. The average Bonchev–Trinajstić information content (AvgIpc) is 2.45. The summed E-state index contributed by atoms with van der Waals surface area (Å²) in [7, 11) is 1.82. The van der Waals surface area contributed by atoms with Crippen LogP contribution in [0.15, 0.2) is 48.5 Å². The number of benzene rings is 2. The molecule has 2 aromatic rings. The summed E-state index contributed by atoms with van der Waals surface area (Å²) in [5.74, 6) is 0.383. The Balaban J connectivity index is 1.97. The largest absolute Gasteiger partial charge is 0.315 e. The van der Waals surface area contributed by atoms with Crippen LogP contribution in [-0.2, 0) is 11.2 Å². The minimum Gasteiger partial charge on any atom is -0.315 e. The SMILES string of the molecule is CN1C(=O)CC(Cc2ccccc2)c2ccc(Cl)cc21. The maximum atomic E-state index is 12.2. The lowest BCUT2D eigenvalue weighted by molar-refractivity contribution is -0.119. The molecule has 1 aliphatic heterocycles. The molecule has 0 aromatic heterocycles. The zero-order chi connectivity index (χ0) is 14.1. The Bertz CT molecular complexity index is 639. The first-order valence-electron chi connectivity index (χ1n) is 6.75. The molecule has 0 fully saturated rings. The molecule has 1 aliphatic rings. The second-order valence-electron chi connectivity index (χ2n) is 5.25. The maximum absolute atomic E-state index is 12.2. The number of carbonyl (C=O) groups excluding carboxylic acids is 1. The minimum absolute atomic E-state index is 0.153. The Kier molecular flexibility index (Phi) is 3.49. The van der Waals surface area contributed by atoms with Crippen LogP contribution in [0.5, 0.6) is 0 Å². The van der Waals surface area contributed by atoms with Gasteiger partial charge in [-0.2, -0.15) is 0 Å². The van der Waals surface area contributed by atoms with E-state index in [-0.39, 0.29) is 11.8 Å². The Hall–Kier alpha value is -1.80. The molecular formula is C17H16ClNO. The second-order valence-corrected chi connectivity index (χ2v) is 5.68. The Morgan fingerprint density at radius 2 is 1.95 bits per heavy atom. The van der Waals surface area contributed by atoms with Gasteiger partial charge in [-0.05, 0) is 35.6 Å². The van der Waals surface area contributed by atoms with Crippen LogP contribution in [0.2, 0.25) is 5.02 Å². The van der Waals surface area contributed by atoms with Crippen molar-refractivity contribution in [3.63, 3.8) is 0 Å². The molecule has 0 N–H and O–H groups in total. The number of fused-ring (bicyclic) bond motifs is 1. The fourth-order valence-corrected chi connectivity index (χ4v) is 2.99. The Morgan fingerprint density at radius 3 is 2.70 bits per heavy atom. The molecule has 1 atom stereocenters. The van der Waals surface area contributed by atoms with E-state index in [1.54, 1.807) is 4.90 Å². The molecule has 1 amide bonds. The Morgan fingerprint density at radius 1 is 1.20 bits per heavy atom. The average molecular weight is 286 g/mol. The predicted octanol–water partition coefficient (Wildman–Crippen LogP) is 4.03. The molecule has 2 aromatic carbocycles. The van der Waals surface area contributed by atoms with Crippen LogP contribution >= 0.6 is 11.6 Å². The van der Waals surface area contributed by atoms with Gasteiger partial charge in [-0.15, -0.1) is 0 Å². The third-order valence-electron chi connectivity index (χ3n) is 3.91. The van der Waals surface area contributed by atoms with Crippen LogP contribution in [-0.4, -0.2) is 13.0 Å². The van der Waals surface area contributed by atoms with E-state index in [0.717, 1.165) is 12.1 Å². The number of hydrogen-bond donors (Lipinski definition) is 0. The van der Waals surface area contributed by atoms with Crippen molar-refractivity contribution in [2.75, 3.05) is 11.9 Å². The smallest absolute Gasteiger partial charge is 0.227 e. The molecule has 102 valence electrons. The predicted molar refractivity (Wildman–Crippen MR) is 82.4 cm³/mol. The van der Waals surface area contributed by atoms with Crippen molar-refractivity contribution in [2.45, 2.75) is 18.8 Å². The molecule has 0 saturated heterocycles. The van der Waals surface area contributed by atoms with E-state index in [9.17, 15) is 4.79 Å². The van der Waals surface area contributed by atoms with Crippen molar-refractivity contribution in [2.24, 2.45) is 0 Å². The van der Waals surface area contributed by atoms with Gasteiger partial charge in [0.15, 0.2) is 0 Å². The normalized spacial score (nSPS) is 18.0. The summed E-state index contributed by atoms with van der Waals surface area (Å²) >= 11 is 6.06. The van der Waals surface area contributed by atoms with Crippen LogP contribution in [0.1, 0.15) is 23.5 Å². The van der Waals surface area contributed by atoms with Crippen molar-refractivity contribution < 1.29 is 4.79 Å². The quantitative estimate of drug-likeness (QED) is 0.816. The molecule has 20 heavy (non-hydrogen) atoms. The van der Waals surface area contributed by atoms with Crippen molar-refractivity contribution in [1.29, 1.82) is 0 Å². The van der Waals surface area contributed by atoms with Crippen LogP contribution in [0, 0.1) is 0 Å². The molecule has 2 nitrogen and oxygen atoms in total. The number of carbonyl (C=O) groups is 1. The molecule has 0 bridgehead atoms. The van der Waals surface area contributed by atoms with Gasteiger partial charge in [0.2, 0.25) is 5.91 Å². The van der Waals surface area contributed by atoms with Gasteiger partial charge < -0.3 is 4.90 Å². The van der Waals surface area contributed by atoms with E-state index in [2.05, 4.69) is 12.1 Å². The standard InChI is InChI=1S/C17H16ClNO/c1-19-16-11-14(18)7-8-15(16)13(10-17(19)20)9-12-5-3-2-4-6-12/h2-8,11,13H,9-10H2,1H3. The highest BCUT2D eigenvalue weighted by Crippen LogP contribution is 2.38. The second kappa shape index (κ2) is 5.29. The van der Waals surface area contributed by atoms with Crippen LogP contribution in [0.3, 0.4) is 0 Å². The fourth-order valence-electron chi connectivity index (χ4n) is 2.83. The van der Waals surface area contributed by atoms with Crippen molar-refractivity contribution >= 4 is 23.2 Å². The van der Waals surface area contributed by atoms with Gasteiger partial charge in [-0.1, -0.05) is 48.0 Å². The Labute approximate surface area is 124 Å². The van der Waals surface area contributed by atoms with E-state index in [4.69, 9.17) is 11.6 Å². The van der Waals surface area contributed by atoms with Gasteiger partial charge in [0.05, 0.1) is 0 Å². The summed E-state index contributed by atoms with van der Waals surface area (Å²) in [5, 5.41) is 0.670. The number of amides is 1. The van der Waals surface area contributed by atoms with E-state index in [0.29, 0.717) is 11.4 Å². The maximum Gasteiger partial charge on any atom is 0.227 e. The van der Waals surface area contributed by atoms with Crippen molar-refractivity contribution in [1.82, 2.24) is 0 Å². The number of hydrogen-bond acceptors (Lipinski definition) is 1. The van der Waals surface area contributed by atoms with Gasteiger partial charge in [0.1, 0.15) is 0 Å². The van der Waals surface area contributed by atoms with Gasteiger partial charge in [-0.3, -0.25) is 4.79 Å². The van der Waals surface area contributed by atoms with Gasteiger partial charge >= 0.3 is 0 Å². The first-order chi connectivity index (χ1) is 9.65. The van der Waals surface area contributed by atoms with Crippen LogP contribution in [0.25, 0.3) is 0 Å². The number of rotatable bonds is 2. The number of nitrogens with zero attached hydrogens (tertiary/aromatic N) is 1. The zero-order valence-corrected chi connectivity index (χ0v) is 12.1. The molecular weight excluding hydrogens is 270 g/mol. The first-order valence-corrected chi connectivity index (χ1v) is 7.13. The van der Waals surface area contributed by atoms with Gasteiger partial charge in [0.25, 0.3) is 0 Å². The van der Waals surface area contributed by atoms with E-state index < -0.39 is 0 Å². The molecule has 1 heterocycles. The summed E-state index contributed by atoms with van der Waals surface area (Å²) in [4.78, 5) is 13.9. The number of anilines is 1. The minimum atomic E-state index is 0.153. The first kappa shape index (κ1) is 13.2. The van der Waals surface area contributed by atoms with Crippen molar-refractivity contribution in [3.05, 3.63) is 64.7 Å². The monoisotopic (exact) mass is 285 g/mol.